The molecule has 16 heavy (non-hydrogen) atoms. The lowest BCUT2D eigenvalue weighted by atomic mass is 10.1. The molecule has 0 spiro atoms. The first-order chi connectivity index (χ1) is 7.49. The predicted octanol–water partition coefficient (Wildman–Crippen LogP) is 3.16. The highest BCUT2D eigenvalue weighted by Gasteiger charge is 2.10. The molecule has 3 nitrogen and oxygen atoms in total. The molecule has 1 atom stereocenters. The van der Waals surface area contributed by atoms with Crippen molar-refractivity contribution in [1.82, 2.24) is 5.32 Å². The van der Waals surface area contributed by atoms with Crippen LogP contribution in [0, 0.1) is 12.8 Å². The Morgan fingerprint density at radius 1 is 1.12 bits per heavy atom. The fourth-order valence-corrected chi connectivity index (χ4v) is 1.18. The number of aryl methyl sites for hydroxylation is 1. The van der Waals surface area contributed by atoms with E-state index in [1.165, 1.54) is 5.56 Å². The molecule has 1 rings (SSSR count). The van der Waals surface area contributed by atoms with Crippen molar-refractivity contribution in [2.45, 2.75) is 33.7 Å². The highest BCUT2D eigenvalue weighted by Crippen LogP contribution is 2.08. The molecule has 3 heteroatoms. The van der Waals surface area contributed by atoms with Gasteiger partial charge in [0, 0.05) is 11.7 Å². The van der Waals surface area contributed by atoms with E-state index in [1.54, 1.807) is 0 Å². The number of carbonyl (C=O) groups is 1. The van der Waals surface area contributed by atoms with Crippen LogP contribution in [0.25, 0.3) is 0 Å². The summed E-state index contributed by atoms with van der Waals surface area (Å²) in [5.74, 6) is 0.434. The summed E-state index contributed by atoms with van der Waals surface area (Å²) in [6.45, 7) is 8.18. The van der Waals surface area contributed by atoms with Crippen LogP contribution < -0.4 is 10.6 Å². The van der Waals surface area contributed by atoms with Gasteiger partial charge in [0.25, 0.3) is 0 Å². The van der Waals surface area contributed by atoms with Crippen molar-refractivity contribution in [2.75, 3.05) is 5.32 Å². The van der Waals surface area contributed by atoms with Crippen LogP contribution in [0.15, 0.2) is 24.3 Å². The van der Waals surface area contributed by atoms with Crippen LogP contribution in [0.1, 0.15) is 26.3 Å². The predicted molar refractivity (Wildman–Crippen MR) is 67.6 cm³/mol. The minimum Gasteiger partial charge on any atom is -0.335 e. The zero-order valence-corrected chi connectivity index (χ0v) is 10.4. The number of benzene rings is 1. The minimum atomic E-state index is -0.148. The highest BCUT2D eigenvalue weighted by molar-refractivity contribution is 5.89. The monoisotopic (exact) mass is 220 g/mol. The number of urea groups is 1. The van der Waals surface area contributed by atoms with E-state index in [-0.39, 0.29) is 12.1 Å². The largest absolute Gasteiger partial charge is 0.335 e. The lowest BCUT2D eigenvalue weighted by Crippen LogP contribution is -2.38. The molecule has 0 saturated heterocycles. The van der Waals surface area contributed by atoms with Gasteiger partial charge in [-0.25, -0.2) is 4.79 Å². The van der Waals surface area contributed by atoms with Crippen molar-refractivity contribution in [3.63, 3.8) is 0 Å². The second-order valence-electron chi connectivity index (χ2n) is 4.50. The number of nitrogens with one attached hydrogen (secondary N) is 2. The summed E-state index contributed by atoms with van der Waals surface area (Å²) >= 11 is 0. The molecule has 88 valence electrons. The van der Waals surface area contributed by atoms with E-state index in [4.69, 9.17) is 0 Å². The van der Waals surface area contributed by atoms with Crippen molar-refractivity contribution in [1.29, 1.82) is 0 Å². The van der Waals surface area contributed by atoms with Gasteiger partial charge < -0.3 is 10.6 Å². The second kappa shape index (κ2) is 5.54. The van der Waals surface area contributed by atoms with Gasteiger partial charge in [0.2, 0.25) is 0 Å². The van der Waals surface area contributed by atoms with Crippen LogP contribution in [0.3, 0.4) is 0 Å². The highest BCUT2D eigenvalue weighted by atomic mass is 16.2. The number of anilines is 1. The van der Waals surface area contributed by atoms with Crippen molar-refractivity contribution in [3.05, 3.63) is 29.8 Å². The van der Waals surface area contributed by atoms with E-state index >= 15 is 0 Å². The number of amides is 2. The maximum atomic E-state index is 11.6. The third-order valence-corrected chi connectivity index (χ3v) is 2.67. The van der Waals surface area contributed by atoms with Crippen LogP contribution >= 0.6 is 0 Å². The van der Waals surface area contributed by atoms with Crippen LogP contribution in [0.5, 0.6) is 0 Å². The van der Waals surface area contributed by atoms with Gasteiger partial charge in [-0.3, -0.25) is 0 Å². The third kappa shape index (κ3) is 3.93. The average Bonchev–Trinajstić information content (AvgIpc) is 2.21. The lowest BCUT2D eigenvalue weighted by Gasteiger charge is -2.17. The van der Waals surface area contributed by atoms with E-state index in [1.807, 2.05) is 38.1 Å². The van der Waals surface area contributed by atoms with Crippen LogP contribution in [-0.4, -0.2) is 12.1 Å². The van der Waals surface area contributed by atoms with Crippen LogP contribution in [-0.2, 0) is 0 Å². The van der Waals surface area contributed by atoms with E-state index in [2.05, 4.69) is 24.5 Å². The maximum Gasteiger partial charge on any atom is 0.319 e. The molecule has 0 radical (unpaired) electrons. The van der Waals surface area contributed by atoms with Crippen molar-refractivity contribution in [2.24, 2.45) is 5.92 Å². The third-order valence-electron chi connectivity index (χ3n) is 2.67. The van der Waals surface area contributed by atoms with E-state index < -0.39 is 0 Å². The zero-order valence-electron chi connectivity index (χ0n) is 10.4. The maximum absolute atomic E-state index is 11.6. The summed E-state index contributed by atoms with van der Waals surface area (Å²) in [6.07, 6.45) is 0. The summed E-state index contributed by atoms with van der Waals surface area (Å²) in [5, 5.41) is 5.70. The van der Waals surface area contributed by atoms with Gasteiger partial charge in [-0.05, 0) is 31.9 Å². The second-order valence-corrected chi connectivity index (χ2v) is 4.50. The summed E-state index contributed by atoms with van der Waals surface area (Å²) in [7, 11) is 0. The molecule has 0 aliphatic heterocycles. The Hall–Kier alpha value is -1.51. The smallest absolute Gasteiger partial charge is 0.319 e. The van der Waals surface area contributed by atoms with Gasteiger partial charge >= 0.3 is 6.03 Å². The van der Waals surface area contributed by atoms with Gasteiger partial charge in [-0.2, -0.15) is 0 Å². The Morgan fingerprint density at radius 2 is 1.69 bits per heavy atom. The zero-order chi connectivity index (χ0) is 12.1. The van der Waals surface area contributed by atoms with Gasteiger partial charge in [-0.1, -0.05) is 31.5 Å². The first-order valence-electron chi connectivity index (χ1n) is 5.63. The fraction of sp³-hybridized carbons (Fsp3) is 0.462. The van der Waals surface area contributed by atoms with E-state index in [0.29, 0.717) is 5.92 Å². The molecule has 0 saturated carbocycles. The SMILES string of the molecule is Cc1ccc(NC(=O)NC(C)C(C)C)cc1. The number of carbonyl (C=O) groups excluding carboxylic acids is 1. The molecule has 0 aliphatic carbocycles. The first-order valence-corrected chi connectivity index (χ1v) is 5.63. The standard InChI is InChI=1S/C13H20N2O/c1-9(2)11(4)14-13(16)15-12-7-5-10(3)6-8-12/h5-9,11H,1-4H3,(H2,14,15,16). The molecular weight excluding hydrogens is 200 g/mol. The lowest BCUT2D eigenvalue weighted by molar-refractivity contribution is 0.246. The Balaban J connectivity index is 2.48. The number of rotatable bonds is 3. The van der Waals surface area contributed by atoms with Gasteiger partial charge in [0.15, 0.2) is 0 Å². The average molecular weight is 220 g/mol. The Bertz CT molecular complexity index is 343. The molecule has 2 N–H and O–H groups in total. The van der Waals surface area contributed by atoms with Gasteiger partial charge in [0.05, 0.1) is 0 Å². The minimum absolute atomic E-state index is 0.148. The summed E-state index contributed by atoms with van der Waals surface area (Å²) in [5.41, 5.74) is 2.00. The van der Waals surface area contributed by atoms with Crippen LogP contribution in [0.2, 0.25) is 0 Å². The summed E-state index contributed by atoms with van der Waals surface area (Å²) < 4.78 is 0. The number of hydrogen-bond donors (Lipinski definition) is 2. The molecule has 0 aromatic heterocycles. The van der Waals surface area contributed by atoms with Crippen molar-refractivity contribution < 1.29 is 4.79 Å². The molecule has 0 aliphatic rings. The molecular formula is C13H20N2O. The number of hydrogen-bond acceptors (Lipinski definition) is 1. The molecule has 1 aromatic carbocycles. The Kier molecular flexibility index (Phi) is 4.35. The molecule has 1 unspecified atom stereocenters. The quantitative estimate of drug-likeness (QED) is 0.807. The molecule has 0 bridgehead atoms. The van der Waals surface area contributed by atoms with Gasteiger partial charge in [0.1, 0.15) is 0 Å². The molecule has 1 aromatic rings. The van der Waals surface area contributed by atoms with Gasteiger partial charge in [-0.15, -0.1) is 0 Å². The summed E-state index contributed by atoms with van der Waals surface area (Å²) in [4.78, 5) is 11.6. The molecule has 2 amide bonds. The molecule has 0 fully saturated rings. The van der Waals surface area contributed by atoms with Crippen molar-refractivity contribution in [3.8, 4) is 0 Å². The summed E-state index contributed by atoms with van der Waals surface area (Å²) in [6, 6.07) is 7.77. The van der Waals surface area contributed by atoms with Crippen LogP contribution in [0.4, 0.5) is 10.5 Å². The van der Waals surface area contributed by atoms with E-state index in [0.717, 1.165) is 5.69 Å². The normalized spacial score (nSPS) is 12.3. The van der Waals surface area contributed by atoms with E-state index in [9.17, 15) is 4.79 Å². The topological polar surface area (TPSA) is 41.1 Å². The molecule has 0 heterocycles. The Morgan fingerprint density at radius 3 is 2.19 bits per heavy atom. The fourth-order valence-electron chi connectivity index (χ4n) is 1.18. The first kappa shape index (κ1) is 12.6. The van der Waals surface area contributed by atoms with Crippen molar-refractivity contribution >= 4 is 11.7 Å². The Labute approximate surface area is 97.2 Å².